The molecule has 1 aromatic heterocycles. The van der Waals surface area contributed by atoms with Gasteiger partial charge in [0, 0.05) is 5.56 Å². The highest BCUT2D eigenvalue weighted by Crippen LogP contribution is 2.26. The lowest BCUT2D eigenvalue weighted by molar-refractivity contribution is 0.199. The average molecular weight is 266 g/mol. The molecule has 1 N–H and O–H groups in total. The van der Waals surface area contributed by atoms with Crippen molar-refractivity contribution in [2.24, 2.45) is 0 Å². The summed E-state index contributed by atoms with van der Waals surface area (Å²) >= 11 is 6.10. The average Bonchev–Trinajstić information content (AvgIpc) is 2.29. The van der Waals surface area contributed by atoms with Crippen LogP contribution >= 0.6 is 11.6 Å². The fourth-order valence-corrected chi connectivity index (χ4v) is 2.25. The van der Waals surface area contributed by atoms with Gasteiger partial charge in [-0.15, -0.1) is 0 Å². The van der Waals surface area contributed by atoms with E-state index in [9.17, 15) is 5.11 Å². The molecule has 0 saturated heterocycles. The number of pyridine rings is 1. The van der Waals surface area contributed by atoms with Gasteiger partial charge in [-0.1, -0.05) is 36.7 Å². The van der Waals surface area contributed by atoms with E-state index in [0.29, 0.717) is 10.7 Å². The minimum atomic E-state index is -0.593. The van der Waals surface area contributed by atoms with E-state index in [1.807, 2.05) is 25.1 Å². The standard InChI is InChI=1S/C15H20ClNO/c1-5-7-10(3)12(6-2)14-9-8-13(11(4)18)15(16)17-14/h5,7-9,11,18H,6H2,1-4H3/b7-5-,12-10-. The molecule has 0 saturated carbocycles. The number of hydrogen-bond acceptors (Lipinski definition) is 2. The van der Waals surface area contributed by atoms with Crippen molar-refractivity contribution in [2.45, 2.75) is 40.2 Å². The van der Waals surface area contributed by atoms with Crippen LogP contribution in [0.5, 0.6) is 0 Å². The maximum Gasteiger partial charge on any atom is 0.135 e. The van der Waals surface area contributed by atoms with Gasteiger partial charge in [0.05, 0.1) is 11.8 Å². The van der Waals surface area contributed by atoms with Gasteiger partial charge in [0.25, 0.3) is 0 Å². The maximum absolute atomic E-state index is 9.54. The molecule has 0 amide bonds. The highest BCUT2D eigenvalue weighted by Gasteiger charge is 2.11. The van der Waals surface area contributed by atoms with Gasteiger partial charge >= 0.3 is 0 Å². The zero-order valence-electron chi connectivity index (χ0n) is 11.4. The van der Waals surface area contributed by atoms with Crippen LogP contribution < -0.4 is 0 Å². The quantitative estimate of drug-likeness (QED) is 0.640. The second-order valence-corrected chi connectivity index (χ2v) is 4.63. The van der Waals surface area contributed by atoms with E-state index in [-0.39, 0.29) is 0 Å². The molecule has 1 aromatic rings. The number of rotatable bonds is 4. The summed E-state index contributed by atoms with van der Waals surface area (Å²) in [5, 5.41) is 9.91. The Morgan fingerprint density at radius 1 is 1.50 bits per heavy atom. The molecule has 0 aliphatic rings. The van der Waals surface area contributed by atoms with E-state index in [1.165, 1.54) is 11.1 Å². The summed E-state index contributed by atoms with van der Waals surface area (Å²) in [4.78, 5) is 4.38. The molecular weight excluding hydrogens is 246 g/mol. The van der Waals surface area contributed by atoms with Gasteiger partial charge in [0.15, 0.2) is 0 Å². The number of allylic oxidation sites excluding steroid dienone is 4. The molecule has 1 unspecified atom stereocenters. The summed E-state index contributed by atoms with van der Waals surface area (Å²) in [6, 6.07) is 3.76. The summed E-state index contributed by atoms with van der Waals surface area (Å²) < 4.78 is 0. The molecule has 0 fully saturated rings. The van der Waals surface area contributed by atoms with Crippen molar-refractivity contribution in [3.8, 4) is 0 Å². The Morgan fingerprint density at radius 3 is 2.61 bits per heavy atom. The molecule has 0 aliphatic carbocycles. The Labute approximate surface area is 114 Å². The largest absolute Gasteiger partial charge is 0.389 e. The van der Waals surface area contributed by atoms with Crippen LogP contribution in [-0.4, -0.2) is 10.1 Å². The van der Waals surface area contributed by atoms with Gasteiger partial charge in [-0.2, -0.15) is 0 Å². The molecule has 1 heterocycles. The topological polar surface area (TPSA) is 33.1 Å². The Bertz CT molecular complexity index is 475. The van der Waals surface area contributed by atoms with Crippen molar-refractivity contribution in [3.05, 3.63) is 46.3 Å². The molecule has 1 rings (SSSR count). The van der Waals surface area contributed by atoms with Crippen LogP contribution in [0.15, 0.2) is 29.9 Å². The number of hydrogen-bond donors (Lipinski definition) is 1. The molecule has 0 aliphatic heterocycles. The van der Waals surface area contributed by atoms with Gasteiger partial charge in [-0.3, -0.25) is 0 Å². The zero-order valence-corrected chi connectivity index (χ0v) is 12.1. The first-order valence-electron chi connectivity index (χ1n) is 6.18. The minimum absolute atomic E-state index is 0.377. The summed E-state index contributed by atoms with van der Waals surface area (Å²) in [7, 11) is 0. The molecule has 18 heavy (non-hydrogen) atoms. The van der Waals surface area contributed by atoms with E-state index >= 15 is 0 Å². The van der Waals surface area contributed by atoms with Crippen LogP contribution in [0.25, 0.3) is 5.57 Å². The van der Waals surface area contributed by atoms with Gasteiger partial charge in [0.2, 0.25) is 0 Å². The molecule has 3 heteroatoms. The number of aliphatic hydroxyl groups excluding tert-OH is 1. The van der Waals surface area contributed by atoms with Crippen molar-refractivity contribution < 1.29 is 5.11 Å². The Morgan fingerprint density at radius 2 is 2.17 bits per heavy atom. The summed E-state index contributed by atoms with van der Waals surface area (Å²) in [6.07, 6.45) is 4.38. The first-order chi connectivity index (χ1) is 8.51. The normalized spacial score (nSPS) is 14.8. The predicted molar refractivity (Wildman–Crippen MR) is 77.6 cm³/mol. The highest BCUT2D eigenvalue weighted by atomic mass is 35.5. The van der Waals surface area contributed by atoms with Crippen LogP contribution in [0.2, 0.25) is 5.15 Å². The van der Waals surface area contributed by atoms with Crippen LogP contribution in [-0.2, 0) is 0 Å². The molecule has 1 atom stereocenters. The second kappa shape index (κ2) is 6.72. The van der Waals surface area contributed by atoms with E-state index in [1.54, 1.807) is 6.92 Å². The number of halogens is 1. The van der Waals surface area contributed by atoms with Crippen molar-refractivity contribution in [1.29, 1.82) is 0 Å². The third-order valence-corrected chi connectivity index (χ3v) is 3.19. The second-order valence-electron chi connectivity index (χ2n) is 4.27. The zero-order chi connectivity index (χ0) is 13.7. The van der Waals surface area contributed by atoms with Crippen molar-refractivity contribution in [2.75, 3.05) is 0 Å². The highest BCUT2D eigenvalue weighted by molar-refractivity contribution is 6.30. The van der Waals surface area contributed by atoms with E-state index < -0.39 is 6.10 Å². The SMILES string of the molecule is C/C=C\C(C)=C(\CC)c1ccc(C(C)O)c(Cl)n1. The Kier molecular flexibility index (Phi) is 5.57. The minimum Gasteiger partial charge on any atom is -0.389 e. The van der Waals surface area contributed by atoms with Gasteiger partial charge in [-0.05, 0) is 44.4 Å². The Hall–Kier alpha value is -1.12. The van der Waals surface area contributed by atoms with Crippen LogP contribution in [0.3, 0.4) is 0 Å². The first kappa shape index (κ1) is 14.9. The first-order valence-corrected chi connectivity index (χ1v) is 6.56. The molecule has 98 valence electrons. The maximum atomic E-state index is 9.54. The van der Waals surface area contributed by atoms with Crippen molar-refractivity contribution in [3.63, 3.8) is 0 Å². The molecule has 0 bridgehead atoms. The lowest BCUT2D eigenvalue weighted by Gasteiger charge is -2.11. The van der Waals surface area contributed by atoms with Gasteiger partial charge in [-0.25, -0.2) is 4.98 Å². The number of nitrogens with zero attached hydrogens (tertiary/aromatic N) is 1. The summed E-state index contributed by atoms with van der Waals surface area (Å²) in [5.74, 6) is 0. The summed E-state index contributed by atoms with van der Waals surface area (Å²) in [6.45, 7) is 7.84. The Balaban J connectivity index is 3.25. The van der Waals surface area contributed by atoms with E-state index in [0.717, 1.165) is 12.1 Å². The number of aromatic nitrogens is 1. The van der Waals surface area contributed by atoms with Gasteiger partial charge in [0.1, 0.15) is 5.15 Å². The third-order valence-electron chi connectivity index (χ3n) is 2.88. The lowest BCUT2D eigenvalue weighted by atomic mass is 10.0. The van der Waals surface area contributed by atoms with Gasteiger partial charge < -0.3 is 5.11 Å². The fraction of sp³-hybridized carbons (Fsp3) is 0.400. The van der Waals surface area contributed by atoms with Crippen LogP contribution in [0.1, 0.15) is 51.5 Å². The van der Waals surface area contributed by atoms with E-state index in [4.69, 9.17) is 11.6 Å². The molecule has 0 spiro atoms. The molecule has 0 radical (unpaired) electrons. The molecule has 0 aromatic carbocycles. The smallest absolute Gasteiger partial charge is 0.135 e. The number of aliphatic hydroxyl groups is 1. The summed E-state index contributed by atoms with van der Waals surface area (Å²) in [5.41, 5.74) is 3.91. The predicted octanol–water partition coefficient (Wildman–Crippen LogP) is 4.55. The fourth-order valence-electron chi connectivity index (χ4n) is 1.94. The van der Waals surface area contributed by atoms with Crippen molar-refractivity contribution >= 4 is 17.2 Å². The van der Waals surface area contributed by atoms with E-state index in [2.05, 4.69) is 24.9 Å². The lowest BCUT2D eigenvalue weighted by Crippen LogP contribution is -1.98. The van der Waals surface area contributed by atoms with Crippen molar-refractivity contribution in [1.82, 2.24) is 4.98 Å². The third kappa shape index (κ3) is 3.44. The van der Waals surface area contributed by atoms with Crippen LogP contribution in [0, 0.1) is 0 Å². The molecular formula is C15H20ClNO. The van der Waals surface area contributed by atoms with Crippen LogP contribution in [0.4, 0.5) is 0 Å². The monoisotopic (exact) mass is 265 g/mol. The molecule has 2 nitrogen and oxygen atoms in total.